The molecule has 3 heterocycles. The summed E-state index contributed by atoms with van der Waals surface area (Å²) < 4.78 is 0. The normalized spacial score (nSPS) is 20.1. The van der Waals surface area contributed by atoms with Crippen LogP contribution in [0.4, 0.5) is 0 Å². The van der Waals surface area contributed by atoms with E-state index in [1.165, 1.54) is 9.75 Å². The predicted molar refractivity (Wildman–Crippen MR) is 87.1 cm³/mol. The molecule has 1 fully saturated rings. The van der Waals surface area contributed by atoms with Crippen molar-refractivity contribution >= 4 is 17.3 Å². The van der Waals surface area contributed by atoms with Gasteiger partial charge in [-0.05, 0) is 43.0 Å². The number of hydrogen-bond acceptors (Lipinski definition) is 4. The van der Waals surface area contributed by atoms with Gasteiger partial charge >= 0.3 is 5.97 Å². The molecule has 0 radical (unpaired) electrons. The smallest absolute Gasteiger partial charge is 0.320 e. The van der Waals surface area contributed by atoms with E-state index in [9.17, 15) is 9.90 Å². The molecule has 2 atom stereocenters. The molecule has 116 valence electrons. The van der Waals surface area contributed by atoms with Crippen LogP contribution in [0.5, 0.6) is 0 Å². The number of aliphatic carboxylic acids is 1. The van der Waals surface area contributed by atoms with Crippen molar-refractivity contribution in [1.29, 1.82) is 0 Å². The first-order valence-electron chi connectivity index (χ1n) is 7.67. The molecule has 2 aromatic rings. The number of aryl methyl sites for hydroxylation is 1. The number of carbonyl (C=O) groups is 1. The summed E-state index contributed by atoms with van der Waals surface area (Å²) >= 11 is 1.77. The number of nitrogens with zero attached hydrogens (tertiary/aromatic N) is 2. The Balaban J connectivity index is 2.01. The Bertz CT molecular complexity index is 641. The molecule has 0 aromatic carbocycles. The minimum absolute atomic E-state index is 0.0115. The second-order valence-corrected chi connectivity index (χ2v) is 6.78. The first-order valence-corrected chi connectivity index (χ1v) is 8.49. The monoisotopic (exact) mass is 316 g/mol. The summed E-state index contributed by atoms with van der Waals surface area (Å²) in [6, 6.07) is 7.83. The summed E-state index contributed by atoms with van der Waals surface area (Å²) in [4.78, 5) is 20.5. The zero-order valence-electron chi connectivity index (χ0n) is 12.6. The highest BCUT2D eigenvalue weighted by molar-refractivity contribution is 7.12. The van der Waals surface area contributed by atoms with Crippen LogP contribution in [-0.4, -0.2) is 33.5 Å². The maximum Gasteiger partial charge on any atom is 0.320 e. The molecule has 22 heavy (non-hydrogen) atoms. The lowest BCUT2D eigenvalue weighted by atomic mass is 10.0. The zero-order chi connectivity index (χ0) is 15.5. The lowest BCUT2D eigenvalue weighted by molar-refractivity contribution is -0.142. The van der Waals surface area contributed by atoms with Crippen LogP contribution in [0.15, 0.2) is 36.7 Å². The highest BCUT2D eigenvalue weighted by atomic mass is 32.1. The van der Waals surface area contributed by atoms with Crippen LogP contribution in [0.1, 0.15) is 41.1 Å². The lowest BCUT2D eigenvalue weighted by Crippen LogP contribution is -2.39. The summed E-state index contributed by atoms with van der Waals surface area (Å²) in [5, 5.41) is 9.52. The molecule has 0 amide bonds. The third-order valence-corrected chi connectivity index (χ3v) is 5.49. The molecule has 2 unspecified atom stereocenters. The third-order valence-electron chi connectivity index (χ3n) is 4.21. The Morgan fingerprint density at radius 2 is 2.36 bits per heavy atom. The van der Waals surface area contributed by atoms with Gasteiger partial charge in [0.2, 0.25) is 0 Å². The lowest BCUT2D eigenvalue weighted by Gasteiger charge is -2.30. The van der Waals surface area contributed by atoms with Gasteiger partial charge in [0.1, 0.15) is 6.04 Å². The molecule has 4 nitrogen and oxygen atoms in total. The zero-order valence-corrected chi connectivity index (χ0v) is 13.4. The van der Waals surface area contributed by atoms with Gasteiger partial charge in [0.05, 0.1) is 6.04 Å². The van der Waals surface area contributed by atoms with Crippen molar-refractivity contribution in [3.8, 4) is 0 Å². The molecule has 3 rings (SSSR count). The molecule has 5 heteroatoms. The summed E-state index contributed by atoms with van der Waals surface area (Å²) in [7, 11) is 0. The highest BCUT2D eigenvalue weighted by Crippen LogP contribution is 2.37. The van der Waals surface area contributed by atoms with Crippen molar-refractivity contribution in [1.82, 2.24) is 9.88 Å². The Morgan fingerprint density at radius 1 is 1.50 bits per heavy atom. The van der Waals surface area contributed by atoms with Gasteiger partial charge in [0.15, 0.2) is 0 Å². The number of likely N-dealkylation sites (tertiary alicyclic amines) is 1. The topological polar surface area (TPSA) is 53.4 Å². The summed E-state index contributed by atoms with van der Waals surface area (Å²) in [6.45, 7) is 2.96. The van der Waals surface area contributed by atoms with E-state index in [4.69, 9.17) is 0 Å². The minimum atomic E-state index is -0.723. The van der Waals surface area contributed by atoms with Crippen LogP contribution in [0, 0.1) is 0 Å². The van der Waals surface area contributed by atoms with E-state index >= 15 is 0 Å². The fourth-order valence-electron chi connectivity index (χ4n) is 3.15. The average Bonchev–Trinajstić information content (AvgIpc) is 3.18. The number of carboxylic acids is 1. The maximum absolute atomic E-state index is 11.6. The van der Waals surface area contributed by atoms with E-state index in [1.807, 2.05) is 18.3 Å². The fraction of sp³-hybridized carbons (Fsp3) is 0.412. The number of thiophene rings is 1. The average molecular weight is 316 g/mol. The maximum atomic E-state index is 11.6. The number of carboxylic acid groups (broad SMARTS) is 1. The molecule has 0 saturated carbocycles. The molecule has 1 N–H and O–H groups in total. The molecular weight excluding hydrogens is 296 g/mol. The van der Waals surface area contributed by atoms with Gasteiger partial charge in [0.25, 0.3) is 0 Å². The first kappa shape index (κ1) is 15.2. The highest BCUT2D eigenvalue weighted by Gasteiger charge is 2.37. The van der Waals surface area contributed by atoms with Gasteiger partial charge in [0, 0.05) is 28.7 Å². The predicted octanol–water partition coefficient (Wildman–Crippen LogP) is 3.34. The molecule has 2 aromatic heterocycles. The minimum Gasteiger partial charge on any atom is -0.480 e. The van der Waals surface area contributed by atoms with E-state index in [0.717, 1.165) is 31.4 Å². The first-order chi connectivity index (χ1) is 10.7. The van der Waals surface area contributed by atoms with Crippen LogP contribution in [0.2, 0.25) is 0 Å². The van der Waals surface area contributed by atoms with Gasteiger partial charge in [-0.1, -0.05) is 13.0 Å². The van der Waals surface area contributed by atoms with Gasteiger partial charge in [-0.3, -0.25) is 14.7 Å². The Labute approximate surface area is 134 Å². The van der Waals surface area contributed by atoms with Crippen molar-refractivity contribution in [2.45, 2.75) is 38.3 Å². The van der Waals surface area contributed by atoms with Crippen LogP contribution in [-0.2, 0) is 11.2 Å². The number of rotatable bonds is 5. The Kier molecular flexibility index (Phi) is 4.55. The standard InChI is InChI=1S/C17H20N2O2S/c1-2-13-7-8-15(22-13)16(12-5-3-9-18-11-12)19-10-4-6-14(19)17(20)21/h3,5,7-9,11,14,16H,2,4,6,10H2,1H3,(H,20,21). The molecule has 1 aliphatic rings. The number of hydrogen-bond donors (Lipinski definition) is 1. The van der Waals surface area contributed by atoms with E-state index in [2.05, 4.69) is 28.9 Å². The molecule has 0 aliphatic carbocycles. The molecule has 1 aliphatic heterocycles. The van der Waals surface area contributed by atoms with Crippen molar-refractivity contribution in [3.63, 3.8) is 0 Å². The molecule has 1 saturated heterocycles. The van der Waals surface area contributed by atoms with Crippen molar-refractivity contribution in [2.24, 2.45) is 0 Å². The van der Waals surface area contributed by atoms with Crippen molar-refractivity contribution in [2.75, 3.05) is 6.54 Å². The van der Waals surface area contributed by atoms with Crippen molar-refractivity contribution in [3.05, 3.63) is 52.0 Å². The second-order valence-electron chi connectivity index (χ2n) is 5.58. The third kappa shape index (κ3) is 2.91. The quantitative estimate of drug-likeness (QED) is 0.919. The van der Waals surface area contributed by atoms with Crippen LogP contribution in [0.25, 0.3) is 0 Å². The second kappa shape index (κ2) is 6.58. The molecular formula is C17H20N2O2S. The fourth-order valence-corrected chi connectivity index (χ4v) is 4.25. The number of pyridine rings is 1. The van der Waals surface area contributed by atoms with E-state index in [0.29, 0.717) is 0 Å². The van der Waals surface area contributed by atoms with Crippen LogP contribution < -0.4 is 0 Å². The van der Waals surface area contributed by atoms with E-state index in [-0.39, 0.29) is 6.04 Å². The van der Waals surface area contributed by atoms with E-state index in [1.54, 1.807) is 17.5 Å². The van der Waals surface area contributed by atoms with E-state index < -0.39 is 12.0 Å². The van der Waals surface area contributed by atoms with Gasteiger partial charge in [-0.2, -0.15) is 0 Å². The Morgan fingerprint density at radius 3 is 3.00 bits per heavy atom. The molecule has 0 bridgehead atoms. The SMILES string of the molecule is CCc1ccc(C(c2cccnc2)N2CCCC2C(=O)O)s1. The summed E-state index contributed by atoms with van der Waals surface area (Å²) in [5.41, 5.74) is 1.07. The summed E-state index contributed by atoms with van der Waals surface area (Å²) in [6.07, 6.45) is 6.27. The van der Waals surface area contributed by atoms with Gasteiger partial charge in [-0.25, -0.2) is 0 Å². The van der Waals surface area contributed by atoms with Gasteiger partial charge in [-0.15, -0.1) is 11.3 Å². The number of aromatic nitrogens is 1. The van der Waals surface area contributed by atoms with Crippen LogP contribution >= 0.6 is 11.3 Å². The van der Waals surface area contributed by atoms with Crippen LogP contribution in [0.3, 0.4) is 0 Å². The largest absolute Gasteiger partial charge is 0.480 e. The van der Waals surface area contributed by atoms with Gasteiger partial charge < -0.3 is 5.11 Å². The Hall–Kier alpha value is -1.72. The summed E-state index contributed by atoms with van der Waals surface area (Å²) in [5.74, 6) is -0.723. The molecule has 0 spiro atoms. The van der Waals surface area contributed by atoms with Crippen molar-refractivity contribution < 1.29 is 9.90 Å².